The molecule has 0 atom stereocenters. The minimum absolute atomic E-state index is 0.170. The lowest BCUT2D eigenvalue weighted by molar-refractivity contribution is 0.271. The molecule has 3 nitrogen and oxygen atoms in total. The van der Waals surface area contributed by atoms with E-state index in [1.165, 1.54) is 12.1 Å². The molecule has 0 unspecified atom stereocenters. The van der Waals surface area contributed by atoms with Crippen LogP contribution in [-0.4, -0.2) is 23.8 Å². The molecule has 1 rings (SSSR count). The van der Waals surface area contributed by atoms with E-state index in [-0.39, 0.29) is 5.46 Å². The van der Waals surface area contributed by atoms with E-state index in [2.05, 4.69) is 0 Å². The van der Waals surface area contributed by atoms with Gasteiger partial charge >= 0.3 is 7.12 Å². The normalized spacial score (nSPS) is 10.5. The largest absolute Gasteiger partial charge is 0.493 e. The molecule has 1 aromatic carbocycles. The van der Waals surface area contributed by atoms with Gasteiger partial charge in [-0.1, -0.05) is 13.8 Å². The zero-order valence-corrected chi connectivity index (χ0v) is 8.77. The van der Waals surface area contributed by atoms with Crippen LogP contribution in [0.1, 0.15) is 13.8 Å². The number of benzene rings is 1. The van der Waals surface area contributed by atoms with E-state index in [0.29, 0.717) is 18.3 Å². The van der Waals surface area contributed by atoms with Crippen LogP contribution in [0.3, 0.4) is 0 Å². The maximum atomic E-state index is 13.0. The molecule has 0 aliphatic carbocycles. The summed E-state index contributed by atoms with van der Waals surface area (Å²) in [5.41, 5.74) is -0.170. The number of ether oxygens (including phenoxy) is 1. The first kappa shape index (κ1) is 12.0. The van der Waals surface area contributed by atoms with Gasteiger partial charge in [-0.15, -0.1) is 0 Å². The Labute approximate surface area is 88.7 Å². The highest BCUT2D eigenvalue weighted by molar-refractivity contribution is 6.58. The Morgan fingerprint density at radius 1 is 1.40 bits per heavy atom. The van der Waals surface area contributed by atoms with Crippen molar-refractivity contribution in [1.82, 2.24) is 0 Å². The van der Waals surface area contributed by atoms with Gasteiger partial charge in [0.15, 0.2) is 0 Å². The van der Waals surface area contributed by atoms with E-state index in [9.17, 15) is 4.39 Å². The average molecular weight is 212 g/mol. The molecule has 0 spiro atoms. The molecule has 0 saturated carbocycles. The van der Waals surface area contributed by atoms with Gasteiger partial charge in [0.1, 0.15) is 11.6 Å². The van der Waals surface area contributed by atoms with Gasteiger partial charge in [-0.05, 0) is 24.1 Å². The highest BCUT2D eigenvalue weighted by atomic mass is 19.1. The van der Waals surface area contributed by atoms with Crippen LogP contribution in [0.5, 0.6) is 5.75 Å². The zero-order valence-electron chi connectivity index (χ0n) is 8.77. The molecule has 82 valence electrons. The minimum Gasteiger partial charge on any atom is -0.493 e. The van der Waals surface area contributed by atoms with E-state index in [0.717, 1.165) is 6.07 Å². The van der Waals surface area contributed by atoms with Crippen molar-refractivity contribution in [2.45, 2.75) is 13.8 Å². The molecule has 1 aromatic rings. The summed E-state index contributed by atoms with van der Waals surface area (Å²) >= 11 is 0. The molecule has 0 aromatic heterocycles. The van der Waals surface area contributed by atoms with E-state index >= 15 is 0 Å². The Bertz CT molecular complexity index is 328. The number of rotatable bonds is 4. The van der Waals surface area contributed by atoms with E-state index in [1.807, 2.05) is 13.8 Å². The maximum absolute atomic E-state index is 13.0. The summed E-state index contributed by atoms with van der Waals surface area (Å²) in [7, 11) is -1.81. The van der Waals surface area contributed by atoms with Gasteiger partial charge in [-0.2, -0.15) is 0 Å². The second-order valence-corrected chi connectivity index (χ2v) is 3.76. The fourth-order valence-electron chi connectivity index (χ4n) is 1.07. The SMILES string of the molecule is CC(C)COc1ccc(F)c(B(O)O)c1. The van der Waals surface area contributed by atoms with Crippen molar-refractivity contribution in [3.8, 4) is 5.75 Å². The quantitative estimate of drug-likeness (QED) is 0.716. The summed E-state index contributed by atoms with van der Waals surface area (Å²) in [6.45, 7) is 4.49. The monoisotopic (exact) mass is 212 g/mol. The van der Waals surface area contributed by atoms with Crippen molar-refractivity contribution in [1.29, 1.82) is 0 Å². The van der Waals surface area contributed by atoms with Crippen LogP contribution in [0.4, 0.5) is 4.39 Å². The molecule has 0 radical (unpaired) electrons. The second kappa shape index (κ2) is 5.14. The van der Waals surface area contributed by atoms with Crippen molar-refractivity contribution >= 4 is 12.6 Å². The Morgan fingerprint density at radius 3 is 2.60 bits per heavy atom. The molecular weight excluding hydrogens is 198 g/mol. The third-order valence-corrected chi connectivity index (χ3v) is 1.83. The summed E-state index contributed by atoms with van der Waals surface area (Å²) in [4.78, 5) is 0. The highest BCUT2D eigenvalue weighted by Crippen LogP contribution is 2.11. The van der Waals surface area contributed by atoms with Crippen molar-refractivity contribution in [3.63, 3.8) is 0 Å². The molecule has 0 bridgehead atoms. The van der Waals surface area contributed by atoms with Crippen LogP contribution < -0.4 is 10.2 Å². The second-order valence-electron chi connectivity index (χ2n) is 3.76. The molecule has 0 heterocycles. The number of hydrogen-bond acceptors (Lipinski definition) is 3. The summed E-state index contributed by atoms with van der Waals surface area (Å²) in [5.74, 6) is 0.146. The lowest BCUT2D eigenvalue weighted by atomic mass is 9.80. The minimum atomic E-state index is -1.81. The smallest absolute Gasteiger partial charge is 0.491 e. The summed E-state index contributed by atoms with van der Waals surface area (Å²) in [6, 6.07) is 3.91. The molecule has 15 heavy (non-hydrogen) atoms. The molecule has 0 fully saturated rings. The number of halogens is 1. The van der Waals surface area contributed by atoms with Crippen molar-refractivity contribution in [3.05, 3.63) is 24.0 Å². The summed E-state index contributed by atoms with van der Waals surface area (Å²) < 4.78 is 18.4. The summed E-state index contributed by atoms with van der Waals surface area (Å²) in [5, 5.41) is 17.7. The van der Waals surface area contributed by atoms with Gasteiger partial charge in [-0.3, -0.25) is 0 Å². The highest BCUT2D eigenvalue weighted by Gasteiger charge is 2.17. The van der Waals surface area contributed by atoms with Crippen molar-refractivity contribution < 1.29 is 19.2 Å². The van der Waals surface area contributed by atoms with Gasteiger partial charge in [0.05, 0.1) is 6.61 Å². The molecule has 0 saturated heterocycles. The Kier molecular flexibility index (Phi) is 4.11. The fraction of sp³-hybridized carbons (Fsp3) is 0.400. The van der Waals surface area contributed by atoms with Gasteiger partial charge in [0.2, 0.25) is 0 Å². The van der Waals surface area contributed by atoms with E-state index < -0.39 is 12.9 Å². The zero-order chi connectivity index (χ0) is 11.4. The van der Waals surface area contributed by atoms with Crippen LogP contribution in [0.25, 0.3) is 0 Å². The van der Waals surface area contributed by atoms with Crippen molar-refractivity contribution in [2.75, 3.05) is 6.61 Å². The average Bonchev–Trinajstić information content (AvgIpc) is 2.16. The summed E-state index contributed by atoms with van der Waals surface area (Å²) in [6.07, 6.45) is 0. The Balaban J connectivity index is 2.78. The standard InChI is InChI=1S/C10H14BFO3/c1-7(2)6-15-8-3-4-10(12)9(5-8)11(13)14/h3-5,7,13-14H,6H2,1-2H3. The van der Waals surface area contributed by atoms with Crippen LogP contribution in [0.15, 0.2) is 18.2 Å². The lowest BCUT2D eigenvalue weighted by Gasteiger charge is -2.10. The van der Waals surface area contributed by atoms with Gasteiger partial charge in [0, 0.05) is 5.46 Å². The number of hydrogen-bond donors (Lipinski definition) is 2. The maximum Gasteiger partial charge on any atom is 0.491 e. The molecule has 0 aliphatic rings. The predicted octanol–water partition coefficient (Wildman–Crippen LogP) is 0.540. The van der Waals surface area contributed by atoms with E-state index in [4.69, 9.17) is 14.8 Å². The first-order valence-corrected chi connectivity index (χ1v) is 4.79. The molecule has 0 amide bonds. The van der Waals surface area contributed by atoms with Crippen LogP contribution in [0.2, 0.25) is 0 Å². The van der Waals surface area contributed by atoms with E-state index in [1.54, 1.807) is 0 Å². The van der Waals surface area contributed by atoms with Crippen LogP contribution in [0, 0.1) is 11.7 Å². The van der Waals surface area contributed by atoms with Crippen LogP contribution in [-0.2, 0) is 0 Å². The van der Waals surface area contributed by atoms with Gasteiger partial charge in [-0.25, -0.2) is 4.39 Å². The van der Waals surface area contributed by atoms with Gasteiger partial charge < -0.3 is 14.8 Å². The Hall–Kier alpha value is -1.07. The van der Waals surface area contributed by atoms with Gasteiger partial charge in [0.25, 0.3) is 0 Å². The molecule has 5 heteroatoms. The topological polar surface area (TPSA) is 49.7 Å². The first-order chi connectivity index (χ1) is 7.00. The molecular formula is C10H14BFO3. The van der Waals surface area contributed by atoms with Crippen LogP contribution >= 0.6 is 0 Å². The third kappa shape index (κ3) is 3.53. The molecule has 0 aliphatic heterocycles. The molecule has 2 N–H and O–H groups in total. The first-order valence-electron chi connectivity index (χ1n) is 4.79. The third-order valence-electron chi connectivity index (χ3n) is 1.83. The Morgan fingerprint density at radius 2 is 2.07 bits per heavy atom. The predicted molar refractivity (Wildman–Crippen MR) is 56.6 cm³/mol. The van der Waals surface area contributed by atoms with Crippen molar-refractivity contribution in [2.24, 2.45) is 5.92 Å². The lowest BCUT2D eigenvalue weighted by Crippen LogP contribution is -2.32. The fourth-order valence-corrected chi connectivity index (χ4v) is 1.07.